The van der Waals surface area contributed by atoms with E-state index in [4.69, 9.17) is 4.74 Å². The van der Waals surface area contributed by atoms with Gasteiger partial charge >= 0.3 is 0 Å². The molecule has 1 aliphatic rings. The van der Waals surface area contributed by atoms with E-state index < -0.39 is 0 Å². The van der Waals surface area contributed by atoms with Gasteiger partial charge in [-0.3, -0.25) is 0 Å². The predicted molar refractivity (Wildman–Crippen MR) is 66.0 cm³/mol. The number of nitrogens with one attached hydrogen (secondary N) is 1. The average molecular weight is 218 g/mol. The van der Waals surface area contributed by atoms with E-state index in [1.54, 1.807) is 0 Å². The molecule has 0 amide bonds. The van der Waals surface area contributed by atoms with Gasteiger partial charge in [-0.2, -0.15) is 0 Å². The number of hydrogen-bond acceptors (Lipinski definition) is 3. The summed E-state index contributed by atoms with van der Waals surface area (Å²) in [6.07, 6.45) is 1.06. The second kappa shape index (κ2) is 5.12. The summed E-state index contributed by atoms with van der Waals surface area (Å²) >= 11 is 0. The molecule has 1 N–H and O–H groups in total. The van der Waals surface area contributed by atoms with Crippen LogP contribution in [0.2, 0.25) is 0 Å². The number of rotatable bonds is 4. The highest BCUT2D eigenvalue weighted by atomic mass is 16.5. The van der Waals surface area contributed by atoms with Crippen molar-refractivity contribution in [3.05, 3.63) is 35.4 Å². The Morgan fingerprint density at radius 3 is 2.69 bits per heavy atom. The number of likely N-dealkylation sites (N-methyl/N-ethyl adjacent to an activating group) is 1. The molecule has 2 rings (SSSR count). The highest BCUT2D eigenvalue weighted by Crippen LogP contribution is 2.12. The Balaban J connectivity index is 2.04. The standard InChI is InChI=1S/C13H18N2O/c1-10-9-16-13(15-10)12-5-3-11(4-6-12)7-8-14-2/h3-6,10,14H,7-9H2,1-2H3. The number of benzene rings is 1. The number of nitrogens with zero attached hydrogens (tertiary/aromatic N) is 1. The highest BCUT2D eigenvalue weighted by molar-refractivity contribution is 5.95. The van der Waals surface area contributed by atoms with Gasteiger partial charge in [-0.15, -0.1) is 0 Å². The van der Waals surface area contributed by atoms with Crippen LogP contribution in [0.4, 0.5) is 0 Å². The lowest BCUT2D eigenvalue weighted by molar-refractivity contribution is 0.324. The fourth-order valence-electron chi connectivity index (χ4n) is 1.72. The smallest absolute Gasteiger partial charge is 0.216 e. The van der Waals surface area contributed by atoms with Crippen molar-refractivity contribution in [3.63, 3.8) is 0 Å². The molecule has 16 heavy (non-hydrogen) atoms. The molecule has 1 heterocycles. The molecule has 1 aromatic rings. The van der Waals surface area contributed by atoms with Gasteiger partial charge in [-0.1, -0.05) is 12.1 Å². The summed E-state index contributed by atoms with van der Waals surface area (Å²) in [5.41, 5.74) is 2.42. The minimum atomic E-state index is 0.291. The van der Waals surface area contributed by atoms with Gasteiger partial charge in [0.1, 0.15) is 6.61 Å². The maximum absolute atomic E-state index is 5.51. The van der Waals surface area contributed by atoms with E-state index in [1.165, 1.54) is 5.56 Å². The molecule has 1 aromatic carbocycles. The Labute approximate surface area is 96.5 Å². The van der Waals surface area contributed by atoms with Gasteiger partial charge < -0.3 is 10.1 Å². The van der Waals surface area contributed by atoms with Crippen LogP contribution in [0.25, 0.3) is 0 Å². The Morgan fingerprint density at radius 2 is 2.12 bits per heavy atom. The Hall–Kier alpha value is -1.35. The molecule has 0 saturated heterocycles. The molecule has 86 valence electrons. The van der Waals surface area contributed by atoms with Gasteiger partial charge in [0, 0.05) is 5.56 Å². The van der Waals surface area contributed by atoms with Crippen molar-refractivity contribution in [3.8, 4) is 0 Å². The molecule has 0 spiro atoms. The summed E-state index contributed by atoms with van der Waals surface area (Å²) in [5, 5.41) is 3.14. The van der Waals surface area contributed by atoms with Crippen LogP contribution in [-0.4, -0.2) is 32.1 Å². The Kier molecular flexibility index (Phi) is 3.57. The van der Waals surface area contributed by atoms with Crippen LogP contribution in [0, 0.1) is 0 Å². The second-order valence-corrected chi connectivity index (χ2v) is 4.14. The maximum atomic E-state index is 5.51. The average Bonchev–Trinajstić information content (AvgIpc) is 2.74. The van der Waals surface area contributed by atoms with Crippen LogP contribution in [0.1, 0.15) is 18.1 Å². The van der Waals surface area contributed by atoms with E-state index in [0.29, 0.717) is 12.6 Å². The Bertz CT molecular complexity index is 370. The van der Waals surface area contributed by atoms with E-state index in [-0.39, 0.29) is 0 Å². The van der Waals surface area contributed by atoms with E-state index in [2.05, 4.69) is 41.5 Å². The lowest BCUT2D eigenvalue weighted by Crippen LogP contribution is -2.10. The zero-order valence-electron chi connectivity index (χ0n) is 9.86. The summed E-state index contributed by atoms with van der Waals surface area (Å²) in [6.45, 7) is 3.78. The summed E-state index contributed by atoms with van der Waals surface area (Å²) < 4.78 is 5.51. The van der Waals surface area contributed by atoms with E-state index in [1.807, 2.05) is 7.05 Å². The number of aliphatic imine (C=N–C) groups is 1. The molecule has 3 nitrogen and oxygen atoms in total. The summed E-state index contributed by atoms with van der Waals surface area (Å²) in [4.78, 5) is 4.43. The van der Waals surface area contributed by atoms with Crippen molar-refractivity contribution >= 4 is 5.90 Å². The predicted octanol–water partition coefficient (Wildman–Crippen LogP) is 1.61. The van der Waals surface area contributed by atoms with Crippen LogP contribution < -0.4 is 5.32 Å². The first-order chi connectivity index (χ1) is 7.79. The molecule has 0 aromatic heterocycles. The van der Waals surface area contributed by atoms with Crippen LogP contribution in [-0.2, 0) is 11.2 Å². The fraction of sp³-hybridized carbons (Fsp3) is 0.462. The fourth-order valence-corrected chi connectivity index (χ4v) is 1.72. The number of hydrogen-bond donors (Lipinski definition) is 1. The third-order valence-electron chi connectivity index (χ3n) is 2.66. The molecule has 1 atom stereocenters. The summed E-state index contributed by atoms with van der Waals surface area (Å²) in [5.74, 6) is 0.785. The van der Waals surface area contributed by atoms with Crippen molar-refractivity contribution in [2.75, 3.05) is 20.2 Å². The van der Waals surface area contributed by atoms with Gasteiger partial charge in [0.05, 0.1) is 6.04 Å². The van der Waals surface area contributed by atoms with Gasteiger partial charge in [0.15, 0.2) is 0 Å². The van der Waals surface area contributed by atoms with Crippen LogP contribution in [0.5, 0.6) is 0 Å². The molecule has 3 heteroatoms. The SMILES string of the molecule is CNCCc1ccc(C2=NC(C)CO2)cc1. The monoisotopic (exact) mass is 218 g/mol. The highest BCUT2D eigenvalue weighted by Gasteiger charge is 2.15. The van der Waals surface area contributed by atoms with E-state index in [0.717, 1.165) is 24.4 Å². The molecule has 1 aliphatic heterocycles. The molecule has 1 unspecified atom stereocenters. The minimum Gasteiger partial charge on any atom is -0.475 e. The quantitative estimate of drug-likeness (QED) is 0.833. The maximum Gasteiger partial charge on any atom is 0.216 e. The minimum absolute atomic E-state index is 0.291. The first kappa shape index (κ1) is 11.1. The van der Waals surface area contributed by atoms with Gasteiger partial charge in [0.25, 0.3) is 0 Å². The normalized spacial score (nSPS) is 19.4. The largest absolute Gasteiger partial charge is 0.475 e. The van der Waals surface area contributed by atoms with Crippen molar-refractivity contribution in [2.45, 2.75) is 19.4 Å². The molecule has 0 fully saturated rings. The van der Waals surface area contributed by atoms with Gasteiger partial charge in [0.2, 0.25) is 5.90 Å². The molecule has 0 aliphatic carbocycles. The zero-order valence-corrected chi connectivity index (χ0v) is 9.86. The first-order valence-corrected chi connectivity index (χ1v) is 5.74. The first-order valence-electron chi connectivity index (χ1n) is 5.74. The molecule has 0 saturated carbocycles. The van der Waals surface area contributed by atoms with Gasteiger partial charge in [-0.25, -0.2) is 4.99 Å². The number of ether oxygens (including phenoxy) is 1. The van der Waals surface area contributed by atoms with Crippen LogP contribution >= 0.6 is 0 Å². The summed E-state index contributed by atoms with van der Waals surface area (Å²) in [6, 6.07) is 8.74. The van der Waals surface area contributed by atoms with Crippen LogP contribution in [0.3, 0.4) is 0 Å². The van der Waals surface area contributed by atoms with Crippen molar-refractivity contribution in [1.82, 2.24) is 5.32 Å². The van der Waals surface area contributed by atoms with E-state index >= 15 is 0 Å². The topological polar surface area (TPSA) is 33.6 Å². The van der Waals surface area contributed by atoms with Crippen LogP contribution in [0.15, 0.2) is 29.3 Å². The third kappa shape index (κ3) is 2.61. The van der Waals surface area contributed by atoms with Gasteiger partial charge in [-0.05, 0) is 44.6 Å². The second-order valence-electron chi connectivity index (χ2n) is 4.14. The Morgan fingerprint density at radius 1 is 1.38 bits per heavy atom. The lowest BCUT2D eigenvalue weighted by atomic mass is 10.1. The molecule has 0 bridgehead atoms. The third-order valence-corrected chi connectivity index (χ3v) is 2.66. The van der Waals surface area contributed by atoms with Crippen molar-refractivity contribution < 1.29 is 4.74 Å². The van der Waals surface area contributed by atoms with E-state index in [9.17, 15) is 0 Å². The van der Waals surface area contributed by atoms with Crippen molar-refractivity contribution in [2.24, 2.45) is 4.99 Å². The lowest BCUT2D eigenvalue weighted by Gasteiger charge is -2.04. The van der Waals surface area contributed by atoms with Crippen molar-refractivity contribution in [1.29, 1.82) is 0 Å². The summed E-state index contributed by atoms with van der Waals surface area (Å²) in [7, 11) is 1.97. The molecular formula is C13H18N2O. The molecular weight excluding hydrogens is 200 g/mol. The zero-order chi connectivity index (χ0) is 11.4. The molecule has 0 radical (unpaired) electrons.